The standard InChI is InChI=1S/C17H24BrNO2/c1-12-4-2-5-14(8-12)19-11-13-9-15(18)17-16(10-13)20-6-3-7-21-17/h9-10,12,14,19H,2-8,11H2,1H3. The van der Waals surface area contributed by atoms with Gasteiger partial charge in [0.15, 0.2) is 11.5 Å². The van der Waals surface area contributed by atoms with Crippen LogP contribution in [0, 0.1) is 5.92 Å². The van der Waals surface area contributed by atoms with Gasteiger partial charge in [0.25, 0.3) is 0 Å². The second kappa shape index (κ2) is 7.01. The SMILES string of the molecule is CC1CCCC(NCc2cc(Br)c3c(c2)OCCCO3)C1. The predicted octanol–water partition coefficient (Wildman–Crippen LogP) is 4.28. The Hall–Kier alpha value is -0.740. The van der Waals surface area contributed by atoms with E-state index < -0.39 is 0 Å². The van der Waals surface area contributed by atoms with Crippen molar-refractivity contribution in [3.63, 3.8) is 0 Å². The van der Waals surface area contributed by atoms with Crippen molar-refractivity contribution in [2.45, 2.75) is 51.6 Å². The first kappa shape index (κ1) is 15.2. The van der Waals surface area contributed by atoms with Gasteiger partial charge in [0, 0.05) is 19.0 Å². The number of benzene rings is 1. The van der Waals surface area contributed by atoms with Crippen LogP contribution in [0.25, 0.3) is 0 Å². The maximum atomic E-state index is 5.80. The molecular weight excluding hydrogens is 330 g/mol. The lowest BCUT2D eigenvalue weighted by atomic mass is 9.87. The van der Waals surface area contributed by atoms with Gasteiger partial charge in [-0.2, -0.15) is 0 Å². The van der Waals surface area contributed by atoms with Crippen molar-refractivity contribution < 1.29 is 9.47 Å². The average molecular weight is 354 g/mol. The lowest BCUT2D eigenvalue weighted by Crippen LogP contribution is -2.33. The summed E-state index contributed by atoms with van der Waals surface area (Å²) in [5.74, 6) is 2.57. The van der Waals surface area contributed by atoms with Gasteiger partial charge in [-0.25, -0.2) is 0 Å². The highest BCUT2D eigenvalue weighted by molar-refractivity contribution is 9.10. The van der Waals surface area contributed by atoms with Crippen LogP contribution < -0.4 is 14.8 Å². The normalized spacial score (nSPS) is 25.4. The molecule has 1 aliphatic carbocycles. The first-order chi connectivity index (χ1) is 10.2. The van der Waals surface area contributed by atoms with Gasteiger partial charge >= 0.3 is 0 Å². The summed E-state index contributed by atoms with van der Waals surface area (Å²) in [5, 5.41) is 3.70. The predicted molar refractivity (Wildman–Crippen MR) is 88.0 cm³/mol. The van der Waals surface area contributed by atoms with Crippen molar-refractivity contribution in [3.8, 4) is 11.5 Å². The minimum atomic E-state index is 0.656. The first-order valence-corrected chi connectivity index (χ1v) is 8.83. The van der Waals surface area contributed by atoms with E-state index in [9.17, 15) is 0 Å². The number of hydrogen-bond acceptors (Lipinski definition) is 3. The molecule has 0 radical (unpaired) electrons. The van der Waals surface area contributed by atoms with Crippen molar-refractivity contribution in [1.82, 2.24) is 5.32 Å². The molecule has 0 saturated heterocycles. The van der Waals surface area contributed by atoms with Crippen LogP contribution >= 0.6 is 15.9 Å². The Morgan fingerprint density at radius 2 is 2.05 bits per heavy atom. The molecule has 4 heteroatoms. The number of fused-ring (bicyclic) bond motifs is 1. The molecule has 1 heterocycles. The minimum absolute atomic E-state index is 0.656. The molecule has 2 unspecified atom stereocenters. The fourth-order valence-corrected chi connectivity index (χ4v) is 3.87. The summed E-state index contributed by atoms with van der Waals surface area (Å²) in [6.45, 7) is 4.71. The van der Waals surface area contributed by atoms with Crippen LogP contribution in [0.15, 0.2) is 16.6 Å². The molecule has 116 valence electrons. The zero-order valence-electron chi connectivity index (χ0n) is 12.7. The summed E-state index contributed by atoms with van der Waals surface area (Å²) in [5.41, 5.74) is 1.25. The third-order valence-corrected chi connectivity index (χ3v) is 4.98. The van der Waals surface area contributed by atoms with Gasteiger partial charge in [-0.15, -0.1) is 0 Å². The summed E-state index contributed by atoms with van der Waals surface area (Å²) in [6.07, 6.45) is 6.27. The van der Waals surface area contributed by atoms with Gasteiger partial charge in [0.2, 0.25) is 0 Å². The second-order valence-electron chi connectivity index (χ2n) is 6.30. The number of hydrogen-bond donors (Lipinski definition) is 1. The van der Waals surface area contributed by atoms with Crippen LogP contribution in [0.3, 0.4) is 0 Å². The highest BCUT2D eigenvalue weighted by atomic mass is 79.9. The smallest absolute Gasteiger partial charge is 0.175 e. The summed E-state index contributed by atoms with van der Waals surface area (Å²) in [6, 6.07) is 4.92. The van der Waals surface area contributed by atoms with Crippen LogP contribution in [0.4, 0.5) is 0 Å². The molecule has 21 heavy (non-hydrogen) atoms. The van der Waals surface area contributed by atoms with Crippen molar-refractivity contribution in [2.24, 2.45) is 5.92 Å². The monoisotopic (exact) mass is 353 g/mol. The third-order valence-electron chi connectivity index (χ3n) is 4.39. The number of rotatable bonds is 3. The molecule has 1 saturated carbocycles. The van der Waals surface area contributed by atoms with Gasteiger partial charge < -0.3 is 14.8 Å². The zero-order valence-corrected chi connectivity index (χ0v) is 14.2. The molecule has 2 atom stereocenters. The third kappa shape index (κ3) is 3.92. The first-order valence-electron chi connectivity index (χ1n) is 8.04. The Morgan fingerprint density at radius 1 is 1.19 bits per heavy atom. The summed E-state index contributed by atoms with van der Waals surface area (Å²) in [4.78, 5) is 0. The topological polar surface area (TPSA) is 30.5 Å². The number of ether oxygens (including phenoxy) is 2. The molecule has 0 aromatic heterocycles. The van der Waals surface area contributed by atoms with E-state index in [1.807, 2.05) is 0 Å². The van der Waals surface area contributed by atoms with E-state index in [1.54, 1.807) is 0 Å². The minimum Gasteiger partial charge on any atom is -0.490 e. The Bertz CT molecular complexity index is 492. The molecule has 0 bridgehead atoms. The van der Waals surface area contributed by atoms with E-state index in [0.717, 1.165) is 48.1 Å². The van der Waals surface area contributed by atoms with Gasteiger partial charge in [0.05, 0.1) is 17.7 Å². The van der Waals surface area contributed by atoms with Crippen molar-refractivity contribution in [1.29, 1.82) is 0 Å². The van der Waals surface area contributed by atoms with E-state index in [0.29, 0.717) is 6.04 Å². The van der Waals surface area contributed by atoms with Crippen LogP contribution in [-0.4, -0.2) is 19.3 Å². The molecule has 2 aliphatic rings. The van der Waals surface area contributed by atoms with Gasteiger partial charge in [-0.05, 0) is 52.4 Å². The van der Waals surface area contributed by atoms with Crippen LogP contribution in [0.2, 0.25) is 0 Å². The number of nitrogens with one attached hydrogen (secondary N) is 1. The Morgan fingerprint density at radius 3 is 2.90 bits per heavy atom. The highest BCUT2D eigenvalue weighted by Gasteiger charge is 2.19. The van der Waals surface area contributed by atoms with E-state index in [2.05, 4.69) is 40.3 Å². The largest absolute Gasteiger partial charge is 0.490 e. The summed E-state index contributed by atoms with van der Waals surface area (Å²) in [7, 11) is 0. The van der Waals surface area contributed by atoms with E-state index in [-0.39, 0.29) is 0 Å². The fourth-order valence-electron chi connectivity index (χ4n) is 3.27. The maximum Gasteiger partial charge on any atom is 0.175 e. The quantitative estimate of drug-likeness (QED) is 0.879. The van der Waals surface area contributed by atoms with Crippen molar-refractivity contribution >= 4 is 15.9 Å². The molecule has 0 spiro atoms. The van der Waals surface area contributed by atoms with Crippen LogP contribution in [-0.2, 0) is 6.54 Å². The van der Waals surface area contributed by atoms with E-state index in [4.69, 9.17) is 9.47 Å². The Kier molecular flexibility index (Phi) is 5.07. The van der Waals surface area contributed by atoms with Crippen LogP contribution in [0.5, 0.6) is 11.5 Å². The molecule has 3 rings (SSSR count). The molecule has 1 fully saturated rings. The average Bonchev–Trinajstić information content (AvgIpc) is 2.71. The molecule has 1 aromatic carbocycles. The van der Waals surface area contributed by atoms with Crippen molar-refractivity contribution in [3.05, 3.63) is 22.2 Å². The number of halogens is 1. The van der Waals surface area contributed by atoms with Gasteiger partial charge in [0.1, 0.15) is 0 Å². The fraction of sp³-hybridized carbons (Fsp3) is 0.647. The van der Waals surface area contributed by atoms with E-state index in [1.165, 1.54) is 31.2 Å². The maximum absolute atomic E-state index is 5.80. The molecule has 1 aromatic rings. The molecule has 1 N–H and O–H groups in total. The summed E-state index contributed by atoms with van der Waals surface area (Å²) >= 11 is 3.61. The van der Waals surface area contributed by atoms with Crippen molar-refractivity contribution in [2.75, 3.05) is 13.2 Å². The highest BCUT2D eigenvalue weighted by Crippen LogP contribution is 2.38. The molecule has 3 nitrogen and oxygen atoms in total. The molecular formula is C17H24BrNO2. The lowest BCUT2D eigenvalue weighted by Gasteiger charge is -2.27. The summed E-state index contributed by atoms with van der Waals surface area (Å²) < 4.78 is 12.5. The van der Waals surface area contributed by atoms with E-state index >= 15 is 0 Å². The van der Waals surface area contributed by atoms with Gasteiger partial charge in [-0.3, -0.25) is 0 Å². The van der Waals surface area contributed by atoms with Gasteiger partial charge in [-0.1, -0.05) is 19.8 Å². The molecule has 0 amide bonds. The zero-order chi connectivity index (χ0) is 14.7. The second-order valence-corrected chi connectivity index (χ2v) is 7.16. The lowest BCUT2D eigenvalue weighted by molar-refractivity contribution is 0.296. The Labute approximate surface area is 135 Å². The van der Waals surface area contributed by atoms with Crippen LogP contribution in [0.1, 0.15) is 44.6 Å². The Balaban J connectivity index is 1.65. The molecule has 1 aliphatic heterocycles.